The summed E-state index contributed by atoms with van der Waals surface area (Å²) in [5.41, 5.74) is -0.487. The number of hydrogen-bond donors (Lipinski definition) is 0. The van der Waals surface area contributed by atoms with E-state index in [4.69, 9.17) is 8.92 Å². The molecule has 0 spiro atoms. The van der Waals surface area contributed by atoms with Gasteiger partial charge >= 0.3 is 6.18 Å². The van der Waals surface area contributed by atoms with E-state index in [0.29, 0.717) is 16.9 Å². The van der Waals surface area contributed by atoms with Crippen LogP contribution in [0, 0.1) is 5.92 Å². The van der Waals surface area contributed by atoms with Crippen LogP contribution < -0.4 is 4.74 Å². The average Bonchev–Trinajstić information content (AvgIpc) is 2.60. The van der Waals surface area contributed by atoms with E-state index in [0.717, 1.165) is 31.9 Å². The molecule has 0 bridgehead atoms. The topological polar surface area (TPSA) is 52.6 Å². The summed E-state index contributed by atoms with van der Waals surface area (Å²) >= 11 is 0. The Morgan fingerprint density at radius 2 is 1.69 bits per heavy atom. The minimum absolute atomic E-state index is 0.0272. The molecule has 0 saturated heterocycles. The molecule has 1 aliphatic carbocycles. The number of benzene rings is 2. The van der Waals surface area contributed by atoms with Gasteiger partial charge in [-0.05, 0) is 67.0 Å². The van der Waals surface area contributed by atoms with E-state index in [9.17, 15) is 21.6 Å². The Balaban J connectivity index is 2.03. The van der Waals surface area contributed by atoms with Crippen molar-refractivity contribution in [2.24, 2.45) is 5.92 Å². The Hall–Kier alpha value is -1.80. The van der Waals surface area contributed by atoms with Gasteiger partial charge in [0.05, 0.1) is 18.5 Å². The molecule has 0 amide bonds. The highest BCUT2D eigenvalue weighted by Crippen LogP contribution is 2.43. The van der Waals surface area contributed by atoms with E-state index in [1.807, 2.05) is 0 Å². The first-order valence-electron chi connectivity index (χ1n) is 9.63. The lowest BCUT2D eigenvalue weighted by Gasteiger charge is -2.28. The Bertz CT molecular complexity index is 977. The summed E-state index contributed by atoms with van der Waals surface area (Å²) in [6.07, 6.45) is -1.51. The lowest BCUT2D eigenvalue weighted by Crippen LogP contribution is -2.24. The summed E-state index contributed by atoms with van der Waals surface area (Å²) in [6, 6.07) is 7.41. The number of hydrogen-bond acceptors (Lipinski definition) is 4. The smallest absolute Gasteiger partial charge is 0.420 e. The van der Waals surface area contributed by atoms with E-state index in [1.54, 1.807) is 12.1 Å². The standard InChI is InChI=1S/C21H25F3O4S/c1-13-4-9-17(10-5-13)27-19-11-8-15-6-7-16(14(2)28-29(3,25)26)12-18(15)20(19)21(22,23)24/h6-8,11-14,17H,4-5,9-10H2,1-3H3. The maximum atomic E-state index is 14.0. The molecule has 1 fully saturated rings. The molecule has 0 aliphatic heterocycles. The fourth-order valence-corrected chi connectivity index (χ4v) is 4.44. The van der Waals surface area contributed by atoms with E-state index in [-0.39, 0.29) is 17.2 Å². The van der Waals surface area contributed by atoms with E-state index in [1.165, 1.54) is 25.1 Å². The van der Waals surface area contributed by atoms with Crippen LogP contribution in [0.2, 0.25) is 0 Å². The van der Waals surface area contributed by atoms with Gasteiger partial charge in [-0.2, -0.15) is 21.6 Å². The number of fused-ring (bicyclic) bond motifs is 1. The van der Waals surface area contributed by atoms with Crippen LogP contribution in [0.5, 0.6) is 5.75 Å². The summed E-state index contributed by atoms with van der Waals surface area (Å²) in [5, 5.41) is 0.373. The quantitative estimate of drug-likeness (QED) is 0.558. The molecule has 0 aromatic heterocycles. The minimum Gasteiger partial charge on any atom is -0.490 e. The molecule has 0 heterocycles. The molecule has 4 nitrogen and oxygen atoms in total. The average molecular weight is 430 g/mol. The summed E-state index contributed by atoms with van der Waals surface area (Å²) in [4.78, 5) is 0. The highest BCUT2D eigenvalue weighted by molar-refractivity contribution is 7.86. The molecule has 1 unspecified atom stereocenters. The van der Waals surface area contributed by atoms with Crippen LogP contribution in [-0.4, -0.2) is 20.8 Å². The zero-order chi connectivity index (χ0) is 21.4. The third-order valence-electron chi connectivity index (χ3n) is 5.34. The van der Waals surface area contributed by atoms with Gasteiger partial charge in [0.15, 0.2) is 0 Å². The monoisotopic (exact) mass is 430 g/mol. The maximum Gasteiger partial charge on any atom is 0.420 e. The van der Waals surface area contributed by atoms with Gasteiger partial charge in [0.25, 0.3) is 10.1 Å². The molecule has 0 N–H and O–H groups in total. The SMILES string of the molecule is CC1CCC(Oc2ccc3ccc(C(C)OS(C)(=O)=O)cc3c2C(F)(F)F)CC1. The van der Waals surface area contributed by atoms with Crippen molar-refractivity contribution < 1.29 is 30.5 Å². The number of alkyl halides is 3. The zero-order valence-corrected chi connectivity index (χ0v) is 17.4. The van der Waals surface area contributed by atoms with Crippen LogP contribution in [0.1, 0.15) is 56.8 Å². The first kappa shape index (κ1) is 21.9. The van der Waals surface area contributed by atoms with Gasteiger partial charge in [0, 0.05) is 0 Å². The molecule has 1 aliphatic rings. The van der Waals surface area contributed by atoms with Crippen LogP contribution in [0.25, 0.3) is 10.8 Å². The van der Waals surface area contributed by atoms with Crippen molar-refractivity contribution in [1.29, 1.82) is 0 Å². The van der Waals surface area contributed by atoms with Gasteiger partial charge < -0.3 is 4.74 Å². The van der Waals surface area contributed by atoms with Crippen LogP contribution in [0.15, 0.2) is 30.3 Å². The van der Waals surface area contributed by atoms with Gasteiger partial charge in [-0.25, -0.2) is 0 Å². The molecular weight excluding hydrogens is 405 g/mol. The highest BCUT2D eigenvalue weighted by Gasteiger charge is 2.37. The lowest BCUT2D eigenvalue weighted by molar-refractivity contribution is -0.138. The first-order chi connectivity index (χ1) is 13.4. The van der Waals surface area contributed by atoms with Crippen molar-refractivity contribution in [2.75, 3.05) is 6.26 Å². The highest BCUT2D eigenvalue weighted by atomic mass is 32.2. The Morgan fingerprint density at radius 3 is 2.28 bits per heavy atom. The molecule has 2 aromatic rings. The summed E-state index contributed by atoms with van der Waals surface area (Å²) in [6.45, 7) is 3.62. The molecule has 2 aromatic carbocycles. The van der Waals surface area contributed by atoms with Gasteiger partial charge in [0.2, 0.25) is 0 Å². The zero-order valence-electron chi connectivity index (χ0n) is 16.6. The van der Waals surface area contributed by atoms with Crippen molar-refractivity contribution in [1.82, 2.24) is 0 Å². The van der Waals surface area contributed by atoms with Crippen molar-refractivity contribution >= 4 is 20.9 Å². The predicted octanol–water partition coefficient (Wildman–Crippen LogP) is 5.85. The van der Waals surface area contributed by atoms with Gasteiger partial charge in [0.1, 0.15) is 11.3 Å². The first-order valence-corrected chi connectivity index (χ1v) is 11.4. The molecule has 0 radical (unpaired) electrons. The molecule has 29 heavy (non-hydrogen) atoms. The van der Waals surface area contributed by atoms with Gasteiger partial charge in [-0.15, -0.1) is 0 Å². The number of rotatable bonds is 5. The van der Waals surface area contributed by atoms with Crippen LogP contribution in [0.3, 0.4) is 0 Å². The van der Waals surface area contributed by atoms with Crippen LogP contribution in [0.4, 0.5) is 13.2 Å². The van der Waals surface area contributed by atoms with Crippen molar-refractivity contribution in [2.45, 2.75) is 57.9 Å². The molecule has 160 valence electrons. The molecule has 3 rings (SSSR count). The summed E-state index contributed by atoms with van der Waals surface area (Å²) in [5.74, 6) is 0.380. The molecular formula is C21H25F3O4S. The number of ether oxygens (including phenoxy) is 1. The van der Waals surface area contributed by atoms with Gasteiger partial charge in [-0.1, -0.05) is 25.1 Å². The third kappa shape index (κ3) is 5.42. The Kier molecular flexibility index (Phi) is 6.15. The van der Waals surface area contributed by atoms with Crippen molar-refractivity contribution in [3.63, 3.8) is 0 Å². The molecule has 8 heteroatoms. The Morgan fingerprint density at radius 1 is 1.07 bits per heavy atom. The second kappa shape index (κ2) is 8.14. The van der Waals surface area contributed by atoms with Crippen molar-refractivity contribution in [3.8, 4) is 5.75 Å². The summed E-state index contributed by atoms with van der Waals surface area (Å²) in [7, 11) is -3.74. The predicted molar refractivity (Wildman–Crippen MR) is 105 cm³/mol. The largest absolute Gasteiger partial charge is 0.490 e. The van der Waals surface area contributed by atoms with Gasteiger partial charge in [-0.3, -0.25) is 4.18 Å². The number of halogens is 3. The van der Waals surface area contributed by atoms with Crippen molar-refractivity contribution in [3.05, 3.63) is 41.5 Å². The second-order valence-corrected chi connectivity index (χ2v) is 9.46. The lowest BCUT2D eigenvalue weighted by atomic mass is 9.89. The van der Waals surface area contributed by atoms with E-state index >= 15 is 0 Å². The van der Waals surface area contributed by atoms with E-state index in [2.05, 4.69) is 6.92 Å². The van der Waals surface area contributed by atoms with Crippen LogP contribution >= 0.6 is 0 Å². The molecule has 1 atom stereocenters. The maximum absolute atomic E-state index is 14.0. The fourth-order valence-electron chi connectivity index (χ4n) is 3.81. The second-order valence-electron chi connectivity index (χ2n) is 7.86. The normalized spacial score (nSPS) is 21.9. The third-order valence-corrected chi connectivity index (χ3v) is 5.97. The van der Waals surface area contributed by atoms with E-state index < -0.39 is 28.0 Å². The minimum atomic E-state index is -4.61. The fraction of sp³-hybridized carbons (Fsp3) is 0.524. The Labute approximate surface area is 169 Å². The summed E-state index contributed by atoms with van der Waals surface area (Å²) < 4.78 is 75.5. The molecule has 1 saturated carbocycles. The van der Waals surface area contributed by atoms with Crippen LogP contribution in [-0.2, 0) is 20.5 Å².